The molecule has 2 aromatic rings. The molecule has 0 bridgehead atoms. The number of hydrogen-bond donors (Lipinski definition) is 2. The van der Waals surface area contributed by atoms with Crippen LogP contribution in [0.1, 0.15) is 11.4 Å². The second kappa shape index (κ2) is 6.87. The Hall–Kier alpha value is -1.66. The number of aromatic amines is 1. The van der Waals surface area contributed by atoms with Gasteiger partial charge in [0.1, 0.15) is 5.75 Å². The SMILES string of the molecule is COc1ccc(NC(=O)CSc2c(C)n[nH]c2C)cc1Cl. The molecule has 2 N–H and O–H groups in total. The van der Waals surface area contributed by atoms with Gasteiger partial charge in [-0.25, -0.2) is 0 Å². The number of aryl methyl sites for hydroxylation is 2. The van der Waals surface area contributed by atoms with Crippen LogP contribution < -0.4 is 10.1 Å². The number of carbonyl (C=O) groups is 1. The van der Waals surface area contributed by atoms with Crippen molar-refractivity contribution in [3.05, 3.63) is 34.6 Å². The Balaban J connectivity index is 1.94. The summed E-state index contributed by atoms with van der Waals surface area (Å²) >= 11 is 7.47. The van der Waals surface area contributed by atoms with Gasteiger partial charge in [0.05, 0.1) is 28.5 Å². The minimum absolute atomic E-state index is 0.0961. The van der Waals surface area contributed by atoms with Crippen molar-refractivity contribution >= 4 is 35.0 Å². The molecule has 0 saturated heterocycles. The molecule has 1 heterocycles. The van der Waals surface area contributed by atoms with Gasteiger partial charge in [-0.05, 0) is 32.0 Å². The lowest BCUT2D eigenvalue weighted by Gasteiger charge is -2.08. The maximum Gasteiger partial charge on any atom is 0.234 e. The van der Waals surface area contributed by atoms with Gasteiger partial charge in [-0.2, -0.15) is 5.10 Å². The Morgan fingerprint density at radius 2 is 2.24 bits per heavy atom. The lowest BCUT2D eigenvalue weighted by atomic mass is 10.3. The van der Waals surface area contributed by atoms with E-state index in [-0.39, 0.29) is 5.91 Å². The Bertz CT molecular complexity index is 638. The monoisotopic (exact) mass is 325 g/mol. The third-order valence-corrected chi connectivity index (χ3v) is 4.44. The molecule has 0 unspecified atom stereocenters. The molecular weight excluding hydrogens is 310 g/mol. The summed E-state index contributed by atoms with van der Waals surface area (Å²) in [6, 6.07) is 5.13. The molecule has 0 atom stereocenters. The minimum atomic E-state index is -0.0961. The van der Waals surface area contributed by atoms with Gasteiger partial charge in [-0.15, -0.1) is 11.8 Å². The predicted molar refractivity (Wildman–Crippen MR) is 85.4 cm³/mol. The molecule has 0 aliphatic carbocycles. The third kappa shape index (κ3) is 3.92. The van der Waals surface area contributed by atoms with Crippen LogP contribution in [0, 0.1) is 13.8 Å². The number of hydrogen-bond acceptors (Lipinski definition) is 4. The number of benzene rings is 1. The number of thioether (sulfide) groups is 1. The predicted octanol–water partition coefficient (Wildman–Crippen LogP) is 3.42. The van der Waals surface area contributed by atoms with E-state index in [0.717, 1.165) is 16.3 Å². The van der Waals surface area contributed by atoms with E-state index in [0.29, 0.717) is 22.2 Å². The van der Waals surface area contributed by atoms with Crippen molar-refractivity contribution in [1.82, 2.24) is 10.2 Å². The summed E-state index contributed by atoms with van der Waals surface area (Å²) in [6.45, 7) is 3.84. The number of methoxy groups -OCH3 is 1. The van der Waals surface area contributed by atoms with Crippen LogP contribution in [0.25, 0.3) is 0 Å². The second-order valence-electron chi connectivity index (χ2n) is 4.45. The van der Waals surface area contributed by atoms with E-state index in [1.54, 1.807) is 25.3 Å². The normalized spacial score (nSPS) is 10.5. The number of amides is 1. The Morgan fingerprint density at radius 3 is 2.81 bits per heavy atom. The smallest absolute Gasteiger partial charge is 0.234 e. The molecule has 0 aliphatic rings. The van der Waals surface area contributed by atoms with E-state index in [1.807, 2.05) is 13.8 Å². The average molecular weight is 326 g/mol. The quantitative estimate of drug-likeness (QED) is 0.827. The van der Waals surface area contributed by atoms with Crippen LogP contribution in [-0.2, 0) is 4.79 Å². The van der Waals surface area contributed by atoms with E-state index in [1.165, 1.54) is 11.8 Å². The van der Waals surface area contributed by atoms with E-state index in [2.05, 4.69) is 15.5 Å². The van der Waals surface area contributed by atoms with Crippen LogP contribution in [0.3, 0.4) is 0 Å². The first-order chi connectivity index (χ1) is 10.0. The van der Waals surface area contributed by atoms with Gasteiger partial charge in [0.2, 0.25) is 5.91 Å². The van der Waals surface area contributed by atoms with Gasteiger partial charge in [-0.3, -0.25) is 9.89 Å². The number of halogens is 1. The van der Waals surface area contributed by atoms with Gasteiger partial charge in [0, 0.05) is 11.4 Å². The van der Waals surface area contributed by atoms with Crippen LogP contribution >= 0.6 is 23.4 Å². The van der Waals surface area contributed by atoms with Gasteiger partial charge >= 0.3 is 0 Å². The van der Waals surface area contributed by atoms with Crippen molar-refractivity contribution in [3.8, 4) is 5.75 Å². The molecule has 0 spiro atoms. The van der Waals surface area contributed by atoms with E-state index >= 15 is 0 Å². The molecule has 21 heavy (non-hydrogen) atoms. The standard InChI is InChI=1S/C14H16ClN3O2S/c1-8-14(9(2)18-17-8)21-7-13(19)16-10-4-5-12(20-3)11(15)6-10/h4-6H,7H2,1-3H3,(H,16,19)(H,17,18). The Kier molecular flexibility index (Phi) is 5.14. The number of H-pyrrole nitrogens is 1. The van der Waals surface area contributed by atoms with Crippen LogP contribution in [0.4, 0.5) is 5.69 Å². The number of nitrogens with one attached hydrogen (secondary N) is 2. The molecule has 0 saturated carbocycles. The van der Waals surface area contributed by atoms with E-state index < -0.39 is 0 Å². The van der Waals surface area contributed by atoms with Crippen molar-refractivity contribution in [2.75, 3.05) is 18.2 Å². The average Bonchev–Trinajstić information content (AvgIpc) is 2.76. The topological polar surface area (TPSA) is 67.0 Å². The zero-order valence-corrected chi connectivity index (χ0v) is 13.6. The molecule has 0 fully saturated rings. The van der Waals surface area contributed by atoms with Gasteiger partial charge in [-0.1, -0.05) is 11.6 Å². The number of rotatable bonds is 5. The molecule has 1 aromatic carbocycles. The second-order valence-corrected chi connectivity index (χ2v) is 5.84. The molecule has 5 nitrogen and oxygen atoms in total. The minimum Gasteiger partial charge on any atom is -0.495 e. The molecule has 0 radical (unpaired) electrons. The summed E-state index contributed by atoms with van der Waals surface area (Å²) < 4.78 is 5.07. The lowest BCUT2D eigenvalue weighted by Crippen LogP contribution is -2.14. The summed E-state index contributed by atoms with van der Waals surface area (Å²) in [5.41, 5.74) is 2.52. The van der Waals surface area contributed by atoms with Crippen LogP contribution in [0.2, 0.25) is 5.02 Å². The highest BCUT2D eigenvalue weighted by Gasteiger charge is 2.10. The van der Waals surface area contributed by atoms with Crippen LogP contribution in [0.15, 0.2) is 23.1 Å². The molecular formula is C14H16ClN3O2S. The fraction of sp³-hybridized carbons (Fsp3) is 0.286. The first kappa shape index (κ1) is 15.7. The maximum absolute atomic E-state index is 12.0. The van der Waals surface area contributed by atoms with Gasteiger partial charge in [0.25, 0.3) is 0 Å². The number of ether oxygens (including phenoxy) is 1. The van der Waals surface area contributed by atoms with E-state index in [4.69, 9.17) is 16.3 Å². The Labute approximate surface area is 132 Å². The zero-order chi connectivity index (χ0) is 15.4. The van der Waals surface area contributed by atoms with Crippen molar-refractivity contribution in [3.63, 3.8) is 0 Å². The molecule has 1 aromatic heterocycles. The highest BCUT2D eigenvalue weighted by atomic mass is 35.5. The molecule has 0 aliphatic heterocycles. The van der Waals surface area contributed by atoms with Crippen molar-refractivity contribution in [2.45, 2.75) is 18.7 Å². The summed E-state index contributed by atoms with van der Waals surface area (Å²) in [4.78, 5) is 13.0. The van der Waals surface area contributed by atoms with Crippen LogP contribution in [0.5, 0.6) is 5.75 Å². The summed E-state index contributed by atoms with van der Waals surface area (Å²) in [7, 11) is 1.55. The number of nitrogens with zero attached hydrogens (tertiary/aromatic N) is 1. The van der Waals surface area contributed by atoms with Crippen molar-refractivity contribution < 1.29 is 9.53 Å². The zero-order valence-electron chi connectivity index (χ0n) is 12.0. The molecule has 1 amide bonds. The summed E-state index contributed by atoms with van der Waals surface area (Å²) in [5.74, 6) is 0.792. The molecule has 7 heteroatoms. The first-order valence-corrected chi connectivity index (χ1v) is 7.65. The van der Waals surface area contributed by atoms with Crippen molar-refractivity contribution in [1.29, 1.82) is 0 Å². The first-order valence-electron chi connectivity index (χ1n) is 6.29. The third-order valence-electron chi connectivity index (χ3n) is 2.84. The van der Waals surface area contributed by atoms with Crippen LogP contribution in [-0.4, -0.2) is 29.0 Å². The molecule has 2 rings (SSSR count). The van der Waals surface area contributed by atoms with Gasteiger partial charge < -0.3 is 10.1 Å². The number of carbonyl (C=O) groups excluding carboxylic acids is 1. The highest BCUT2D eigenvalue weighted by molar-refractivity contribution is 8.00. The number of aromatic nitrogens is 2. The van der Waals surface area contributed by atoms with E-state index in [9.17, 15) is 4.79 Å². The maximum atomic E-state index is 12.0. The van der Waals surface area contributed by atoms with Gasteiger partial charge in [0.15, 0.2) is 0 Å². The fourth-order valence-corrected chi connectivity index (χ4v) is 2.95. The number of anilines is 1. The highest BCUT2D eigenvalue weighted by Crippen LogP contribution is 2.28. The Morgan fingerprint density at radius 1 is 1.48 bits per heavy atom. The lowest BCUT2D eigenvalue weighted by molar-refractivity contribution is -0.113. The summed E-state index contributed by atoms with van der Waals surface area (Å²) in [5, 5.41) is 10.3. The molecule has 112 valence electrons. The summed E-state index contributed by atoms with van der Waals surface area (Å²) in [6.07, 6.45) is 0. The van der Waals surface area contributed by atoms with Crippen molar-refractivity contribution in [2.24, 2.45) is 0 Å². The fourth-order valence-electron chi connectivity index (χ4n) is 1.83. The largest absolute Gasteiger partial charge is 0.495 e.